The molecule has 0 aliphatic carbocycles. The molecule has 0 radical (unpaired) electrons. The summed E-state index contributed by atoms with van der Waals surface area (Å²) in [7, 11) is 0. The van der Waals surface area contributed by atoms with E-state index in [-0.39, 0.29) is 17.7 Å². The summed E-state index contributed by atoms with van der Waals surface area (Å²) in [6, 6.07) is -0.414. The number of hydrogen-bond acceptors (Lipinski definition) is 4. The fourth-order valence-electron chi connectivity index (χ4n) is 2.11. The molecule has 2 rings (SSSR count). The zero-order chi connectivity index (χ0) is 14.0. The highest BCUT2D eigenvalue weighted by atomic mass is 32.1. The average Bonchev–Trinajstić information content (AvgIpc) is 2.69. The van der Waals surface area contributed by atoms with E-state index < -0.39 is 6.04 Å². The van der Waals surface area contributed by atoms with Crippen LogP contribution < -0.4 is 5.32 Å². The lowest BCUT2D eigenvalue weighted by Crippen LogP contribution is -2.47. The van der Waals surface area contributed by atoms with Gasteiger partial charge in [-0.2, -0.15) is 0 Å². The second kappa shape index (κ2) is 5.69. The minimum absolute atomic E-state index is 0.00801. The lowest BCUT2D eigenvalue weighted by atomic mass is 10.0. The monoisotopic (exact) mass is 281 g/mol. The molecular formula is C13H19N3O2S. The van der Waals surface area contributed by atoms with E-state index in [2.05, 4.69) is 10.3 Å². The lowest BCUT2D eigenvalue weighted by molar-refractivity contribution is -0.135. The second-order valence-corrected chi connectivity index (χ2v) is 6.10. The van der Waals surface area contributed by atoms with Gasteiger partial charge in [0.2, 0.25) is 11.8 Å². The molecule has 0 bridgehead atoms. The van der Waals surface area contributed by atoms with Gasteiger partial charge >= 0.3 is 0 Å². The summed E-state index contributed by atoms with van der Waals surface area (Å²) < 4.78 is 0. The molecule has 6 heteroatoms. The van der Waals surface area contributed by atoms with Crippen LogP contribution in [0.2, 0.25) is 0 Å². The molecule has 1 aliphatic heterocycles. The summed E-state index contributed by atoms with van der Waals surface area (Å²) in [6.45, 7) is 6.87. The van der Waals surface area contributed by atoms with E-state index in [0.717, 1.165) is 10.6 Å². The first-order valence-electron chi connectivity index (χ1n) is 6.46. The van der Waals surface area contributed by atoms with Crippen molar-refractivity contribution >= 4 is 23.2 Å². The van der Waals surface area contributed by atoms with E-state index in [9.17, 15) is 9.59 Å². The molecule has 0 aromatic carbocycles. The first-order valence-corrected chi connectivity index (χ1v) is 7.34. The number of aryl methyl sites for hydroxylation is 1. The summed E-state index contributed by atoms with van der Waals surface area (Å²) in [5.41, 5.74) is 2.75. The summed E-state index contributed by atoms with van der Waals surface area (Å²) in [5.74, 6) is 0.0591. The van der Waals surface area contributed by atoms with Crippen molar-refractivity contribution in [2.45, 2.75) is 39.8 Å². The van der Waals surface area contributed by atoms with Gasteiger partial charge in [0.15, 0.2) is 0 Å². The van der Waals surface area contributed by atoms with E-state index in [1.807, 2.05) is 20.8 Å². The molecule has 5 nitrogen and oxygen atoms in total. The Kier molecular flexibility index (Phi) is 4.19. The Morgan fingerprint density at radius 3 is 2.84 bits per heavy atom. The van der Waals surface area contributed by atoms with Crippen molar-refractivity contribution in [3.05, 3.63) is 16.1 Å². The molecule has 1 saturated heterocycles. The highest BCUT2D eigenvalue weighted by molar-refractivity contribution is 7.09. The Hall–Kier alpha value is -1.43. The van der Waals surface area contributed by atoms with E-state index in [1.54, 1.807) is 21.7 Å². The quantitative estimate of drug-likeness (QED) is 0.909. The van der Waals surface area contributed by atoms with Gasteiger partial charge in [0, 0.05) is 17.8 Å². The van der Waals surface area contributed by atoms with Crippen molar-refractivity contribution < 1.29 is 9.59 Å². The minimum atomic E-state index is -0.414. The number of hydrogen-bond donors (Lipinski definition) is 1. The zero-order valence-corrected chi connectivity index (χ0v) is 12.3. The highest BCUT2D eigenvalue weighted by Crippen LogP contribution is 2.18. The van der Waals surface area contributed by atoms with Crippen molar-refractivity contribution in [1.82, 2.24) is 15.2 Å². The lowest BCUT2D eigenvalue weighted by Gasteiger charge is -2.25. The summed E-state index contributed by atoms with van der Waals surface area (Å²) in [6.07, 6.45) is 0.368. The predicted molar refractivity (Wildman–Crippen MR) is 73.7 cm³/mol. The predicted octanol–water partition coefficient (Wildman–Crippen LogP) is 1.32. The number of thiazole rings is 1. The summed E-state index contributed by atoms with van der Waals surface area (Å²) in [5, 5.41) is 2.81. The highest BCUT2D eigenvalue weighted by Gasteiger charge is 2.32. The van der Waals surface area contributed by atoms with Crippen molar-refractivity contribution in [3.63, 3.8) is 0 Å². The number of carbonyl (C=O) groups excluding carboxylic acids is 2. The van der Waals surface area contributed by atoms with Crippen LogP contribution in [-0.4, -0.2) is 34.3 Å². The van der Waals surface area contributed by atoms with E-state index in [4.69, 9.17) is 0 Å². The molecule has 1 N–H and O–H groups in total. The van der Waals surface area contributed by atoms with Crippen LogP contribution in [0.15, 0.2) is 5.51 Å². The van der Waals surface area contributed by atoms with Crippen LogP contribution in [0.4, 0.5) is 0 Å². The SMILES string of the molecule is Cc1ncsc1CN1CCC(=O)NC(C(C)C)C1=O. The molecule has 0 spiro atoms. The Balaban J connectivity index is 2.17. The Morgan fingerprint density at radius 1 is 1.53 bits per heavy atom. The summed E-state index contributed by atoms with van der Waals surface area (Å²) in [4.78, 5) is 31.2. The van der Waals surface area contributed by atoms with E-state index in [1.165, 1.54) is 0 Å². The van der Waals surface area contributed by atoms with Gasteiger partial charge in [0.25, 0.3) is 0 Å². The molecule has 1 aliphatic rings. The van der Waals surface area contributed by atoms with Crippen LogP contribution in [0.5, 0.6) is 0 Å². The molecule has 1 atom stereocenters. The molecule has 1 aromatic rings. The molecule has 104 valence electrons. The van der Waals surface area contributed by atoms with Gasteiger partial charge in [0.1, 0.15) is 6.04 Å². The van der Waals surface area contributed by atoms with Crippen molar-refractivity contribution in [2.24, 2.45) is 5.92 Å². The third-order valence-corrected chi connectivity index (χ3v) is 4.27. The van der Waals surface area contributed by atoms with E-state index in [0.29, 0.717) is 19.5 Å². The van der Waals surface area contributed by atoms with Crippen LogP contribution in [0, 0.1) is 12.8 Å². The van der Waals surface area contributed by atoms with Crippen LogP contribution in [0.25, 0.3) is 0 Å². The molecule has 1 fully saturated rings. The minimum Gasteiger partial charge on any atom is -0.344 e. The van der Waals surface area contributed by atoms with Crippen molar-refractivity contribution in [1.29, 1.82) is 0 Å². The van der Waals surface area contributed by atoms with Crippen LogP contribution in [-0.2, 0) is 16.1 Å². The fraction of sp³-hybridized carbons (Fsp3) is 0.615. The van der Waals surface area contributed by atoms with Gasteiger partial charge < -0.3 is 10.2 Å². The number of nitrogens with one attached hydrogen (secondary N) is 1. The molecule has 0 saturated carbocycles. The number of carbonyl (C=O) groups is 2. The van der Waals surface area contributed by atoms with Crippen LogP contribution >= 0.6 is 11.3 Å². The van der Waals surface area contributed by atoms with Gasteiger partial charge in [-0.25, -0.2) is 4.98 Å². The number of aromatic nitrogens is 1. The zero-order valence-electron chi connectivity index (χ0n) is 11.5. The van der Waals surface area contributed by atoms with Gasteiger partial charge in [0.05, 0.1) is 17.7 Å². The van der Waals surface area contributed by atoms with Crippen LogP contribution in [0.1, 0.15) is 30.8 Å². The first kappa shape index (κ1) is 14.0. The average molecular weight is 281 g/mol. The number of amides is 2. The van der Waals surface area contributed by atoms with E-state index >= 15 is 0 Å². The standard InChI is InChI=1S/C13H19N3O2S/c1-8(2)12-13(18)16(5-4-11(17)15-12)6-10-9(3)14-7-19-10/h7-8,12H,4-6H2,1-3H3,(H,15,17). The van der Waals surface area contributed by atoms with Gasteiger partial charge in [-0.1, -0.05) is 13.8 Å². The normalized spacial score (nSPS) is 20.6. The Labute approximate surface area is 117 Å². The molecule has 1 aromatic heterocycles. The maximum atomic E-state index is 12.5. The van der Waals surface area contributed by atoms with Gasteiger partial charge in [-0.05, 0) is 12.8 Å². The molecule has 2 amide bonds. The molecule has 19 heavy (non-hydrogen) atoms. The maximum Gasteiger partial charge on any atom is 0.245 e. The van der Waals surface area contributed by atoms with Crippen molar-refractivity contribution in [3.8, 4) is 0 Å². The topological polar surface area (TPSA) is 62.3 Å². The van der Waals surface area contributed by atoms with Crippen LogP contribution in [0.3, 0.4) is 0 Å². The van der Waals surface area contributed by atoms with Gasteiger partial charge in [-0.15, -0.1) is 11.3 Å². The second-order valence-electron chi connectivity index (χ2n) is 5.16. The van der Waals surface area contributed by atoms with Crippen molar-refractivity contribution in [2.75, 3.05) is 6.54 Å². The molecular weight excluding hydrogens is 262 g/mol. The summed E-state index contributed by atoms with van der Waals surface area (Å²) >= 11 is 1.55. The van der Waals surface area contributed by atoms with Gasteiger partial charge in [-0.3, -0.25) is 9.59 Å². The first-order chi connectivity index (χ1) is 8.99. The molecule has 2 heterocycles. The number of nitrogens with zero attached hydrogens (tertiary/aromatic N) is 2. The maximum absolute atomic E-state index is 12.5. The Morgan fingerprint density at radius 2 is 2.26 bits per heavy atom. The number of rotatable bonds is 3. The largest absolute Gasteiger partial charge is 0.344 e. The molecule has 1 unspecified atom stereocenters. The third-order valence-electron chi connectivity index (χ3n) is 3.35. The Bertz CT molecular complexity index is 484. The fourth-order valence-corrected chi connectivity index (χ4v) is 2.90. The smallest absolute Gasteiger partial charge is 0.245 e. The third kappa shape index (κ3) is 3.12.